The minimum Gasteiger partial charge on any atom is -0.462 e. The number of rotatable bonds is 9. The summed E-state index contributed by atoms with van der Waals surface area (Å²) in [6.07, 6.45) is 8.85. The Balaban J connectivity index is 1.64. The van der Waals surface area contributed by atoms with Crippen molar-refractivity contribution in [3.63, 3.8) is 0 Å². The summed E-state index contributed by atoms with van der Waals surface area (Å²) in [5, 5.41) is 0.249. The van der Waals surface area contributed by atoms with E-state index in [1.54, 1.807) is 6.08 Å². The molecule has 154 valence electrons. The topological polar surface area (TPSA) is 52.6 Å². The Bertz CT molecular complexity index is 561. The van der Waals surface area contributed by atoms with Gasteiger partial charge < -0.3 is 9.16 Å². The van der Waals surface area contributed by atoms with E-state index in [-0.39, 0.29) is 28.8 Å². The molecule has 0 bridgehead atoms. The number of ether oxygens (including phenoxy) is 1. The third-order valence-corrected chi connectivity index (χ3v) is 11.3. The van der Waals surface area contributed by atoms with Crippen molar-refractivity contribution in [3.8, 4) is 0 Å². The average Bonchev–Trinajstić information content (AvgIpc) is 3.02. The van der Waals surface area contributed by atoms with Crippen LogP contribution < -0.4 is 0 Å². The van der Waals surface area contributed by atoms with Crippen LogP contribution in [0.2, 0.25) is 18.1 Å². The Morgan fingerprint density at radius 2 is 1.96 bits per heavy atom. The first-order valence-corrected chi connectivity index (χ1v) is 13.5. The second-order valence-corrected chi connectivity index (χ2v) is 14.7. The highest BCUT2D eigenvalue weighted by atomic mass is 28.4. The molecule has 2 fully saturated rings. The third kappa shape index (κ3) is 6.02. The molecular weight excluding hydrogens is 356 g/mol. The van der Waals surface area contributed by atoms with E-state index in [9.17, 15) is 9.59 Å². The fourth-order valence-electron chi connectivity index (χ4n) is 3.94. The van der Waals surface area contributed by atoms with Crippen molar-refractivity contribution in [3.05, 3.63) is 12.2 Å². The van der Waals surface area contributed by atoms with Crippen molar-refractivity contribution in [2.45, 2.75) is 90.5 Å². The number of fused-ring (bicyclic) bond motifs is 1. The zero-order chi connectivity index (χ0) is 20.2. The van der Waals surface area contributed by atoms with E-state index in [2.05, 4.69) is 40.8 Å². The average molecular weight is 395 g/mol. The maximum Gasteiger partial charge on any atom is 0.306 e. The molecule has 5 heteroatoms. The second kappa shape index (κ2) is 9.04. The largest absolute Gasteiger partial charge is 0.462 e. The lowest BCUT2D eigenvalue weighted by atomic mass is 9.88. The van der Waals surface area contributed by atoms with Gasteiger partial charge in [-0.1, -0.05) is 40.2 Å². The minimum atomic E-state index is -1.65. The van der Waals surface area contributed by atoms with Crippen molar-refractivity contribution >= 4 is 20.1 Å². The molecular formula is C22H38O4Si. The summed E-state index contributed by atoms with van der Waals surface area (Å²) < 4.78 is 11.6. The van der Waals surface area contributed by atoms with Crippen molar-refractivity contribution < 1.29 is 18.8 Å². The van der Waals surface area contributed by atoms with E-state index in [4.69, 9.17) is 9.16 Å². The van der Waals surface area contributed by atoms with Gasteiger partial charge in [0.05, 0.1) is 6.42 Å². The monoisotopic (exact) mass is 394 g/mol. The van der Waals surface area contributed by atoms with Gasteiger partial charge in [-0.15, -0.1) is 0 Å². The van der Waals surface area contributed by atoms with Crippen molar-refractivity contribution in [2.24, 2.45) is 17.8 Å². The van der Waals surface area contributed by atoms with Crippen LogP contribution in [0.1, 0.15) is 66.2 Å². The maximum absolute atomic E-state index is 12.2. The van der Waals surface area contributed by atoms with Crippen LogP contribution >= 0.6 is 0 Å². The van der Waals surface area contributed by atoms with Gasteiger partial charge in [0.2, 0.25) is 0 Å². The van der Waals surface area contributed by atoms with Crippen LogP contribution in [0.4, 0.5) is 0 Å². The molecule has 0 N–H and O–H groups in total. The van der Waals surface area contributed by atoms with Crippen molar-refractivity contribution in [2.75, 3.05) is 6.61 Å². The number of hydrogen-bond acceptors (Lipinski definition) is 4. The van der Waals surface area contributed by atoms with Crippen LogP contribution in [0.15, 0.2) is 12.2 Å². The summed E-state index contributed by atoms with van der Waals surface area (Å²) in [6, 6.07) is 0. The molecule has 1 aliphatic heterocycles. The molecule has 1 aliphatic carbocycles. The summed E-state index contributed by atoms with van der Waals surface area (Å²) in [4.78, 5) is 23.6. The highest BCUT2D eigenvalue weighted by molar-refractivity contribution is 6.74. The lowest BCUT2D eigenvalue weighted by Crippen LogP contribution is -2.40. The molecule has 1 saturated carbocycles. The normalized spacial score (nSPS) is 28.6. The summed E-state index contributed by atoms with van der Waals surface area (Å²) in [6.45, 7) is 14.3. The predicted octanol–water partition coefficient (Wildman–Crippen LogP) is 5.28. The Morgan fingerprint density at radius 3 is 2.63 bits per heavy atom. The van der Waals surface area contributed by atoms with Crippen molar-refractivity contribution in [1.82, 2.24) is 0 Å². The fourth-order valence-corrected chi connectivity index (χ4v) is 5.02. The first kappa shape index (κ1) is 22.3. The zero-order valence-corrected chi connectivity index (χ0v) is 19.0. The molecule has 1 heterocycles. The molecule has 4 atom stereocenters. The lowest BCUT2D eigenvalue weighted by molar-refractivity contribution is -0.141. The number of ketones is 1. The number of esters is 1. The van der Waals surface area contributed by atoms with Gasteiger partial charge in [0.15, 0.2) is 14.1 Å². The molecule has 0 aromatic carbocycles. The van der Waals surface area contributed by atoms with Gasteiger partial charge in [-0.3, -0.25) is 9.59 Å². The Morgan fingerprint density at radius 1 is 1.26 bits per heavy atom. The molecule has 1 saturated heterocycles. The highest BCUT2D eigenvalue weighted by Gasteiger charge is 2.47. The molecule has 0 spiro atoms. The van der Waals surface area contributed by atoms with Gasteiger partial charge in [0.1, 0.15) is 6.10 Å². The van der Waals surface area contributed by atoms with Crippen LogP contribution in [0.3, 0.4) is 0 Å². The van der Waals surface area contributed by atoms with E-state index in [1.165, 1.54) is 0 Å². The Kier molecular flexibility index (Phi) is 7.48. The van der Waals surface area contributed by atoms with E-state index < -0.39 is 8.32 Å². The van der Waals surface area contributed by atoms with Crippen molar-refractivity contribution in [1.29, 1.82) is 0 Å². The van der Waals surface area contributed by atoms with E-state index in [0.717, 1.165) is 32.3 Å². The summed E-state index contributed by atoms with van der Waals surface area (Å²) in [5.74, 6) is 1.15. The number of unbranched alkanes of at least 4 members (excludes halogenated alkanes) is 2. The van der Waals surface area contributed by atoms with E-state index in [1.807, 2.05) is 6.08 Å². The van der Waals surface area contributed by atoms with Gasteiger partial charge in [-0.2, -0.15) is 0 Å². The van der Waals surface area contributed by atoms with E-state index in [0.29, 0.717) is 24.7 Å². The van der Waals surface area contributed by atoms with Crippen LogP contribution in [-0.4, -0.2) is 32.8 Å². The first-order valence-electron chi connectivity index (χ1n) is 10.6. The molecule has 2 aliphatic rings. The number of carbonyl (C=O) groups excluding carboxylic acids is 2. The second-order valence-electron chi connectivity index (χ2n) is 9.93. The van der Waals surface area contributed by atoms with E-state index >= 15 is 0 Å². The summed E-state index contributed by atoms with van der Waals surface area (Å²) in [5.41, 5.74) is 0. The van der Waals surface area contributed by atoms with Crippen LogP contribution in [-0.2, 0) is 18.8 Å². The first-order chi connectivity index (χ1) is 12.5. The van der Waals surface area contributed by atoms with Gasteiger partial charge in [0.25, 0.3) is 0 Å². The summed E-state index contributed by atoms with van der Waals surface area (Å²) >= 11 is 0. The Hall–Kier alpha value is -0.943. The van der Waals surface area contributed by atoms with Crippen LogP contribution in [0, 0.1) is 17.8 Å². The molecule has 2 rings (SSSR count). The molecule has 0 amide bonds. The minimum absolute atomic E-state index is 0.0677. The number of allylic oxidation sites excluding steroid dienone is 2. The molecule has 4 nitrogen and oxygen atoms in total. The quantitative estimate of drug-likeness (QED) is 0.231. The standard InChI is InChI=1S/C22H38O4Si/c1-16-14-20-19(15-21(24)26-20)18(16)12-11-17(23)10-8-7-9-13-25-27(5,6)22(2,3)4/h11-12,16,18-20H,7-10,13-15H2,1-6H3/b12-11+/t16-,18+,19-,20+/m1/s1. The third-order valence-electron chi connectivity index (χ3n) is 6.76. The zero-order valence-electron chi connectivity index (χ0n) is 18.0. The lowest BCUT2D eigenvalue weighted by Gasteiger charge is -2.36. The molecule has 0 radical (unpaired) electrons. The summed E-state index contributed by atoms with van der Waals surface area (Å²) in [7, 11) is -1.65. The van der Waals surface area contributed by atoms with Gasteiger partial charge in [-0.05, 0) is 55.3 Å². The Labute approximate surface area is 166 Å². The van der Waals surface area contributed by atoms with Crippen LogP contribution in [0.5, 0.6) is 0 Å². The van der Waals surface area contributed by atoms with Gasteiger partial charge >= 0.3 is 5.97 Å². The molecule has 0 aromatic rings. The number of carbonyl (C=O) groups is 2. The highest BCUT2D eigenvalue weighted by Crippen LogP contribution is 2.45. The molecule has 0 aromatic heterocycles. The SMILES string of the molecule is C[C@@H]1C[C@@H]2OC(=O)C[C@@H]2[C@H]1/C=C/C(=O)CCCCCO[Si](C)(C)C(C)(C)C. The predicted molar refractivity (Wildman–Crippen MR) is 111 cm³/mol. The maximum atomic E-state index is 12.2. The van der Waals surface area contributed by atoms with Gasteiger partial charge in [0, 0.05) is 18.9 Å². The fraction of sp³-hybridized carbons (Fsp3) is 0.818. The smallest absolute Gasteiger partial charge is 0.306 e. The van der Waals surface area contributed by atoms with Gasteiger partial charge in [-0.25, -0.2) is 0 Å². The van der Waals surface area contributed by atoms with Crippen LogP contribution in [0.25, 0.3) is 0 Å². The number of hydrogen-bond donors (Lipinski definition) is 0. The molecule has 0 unspecified atom stereocenters. The molecule has 27 heavy (non-hydrogen) atoms.